The number of carbonyl (C=O) groups is 4. The van der Waals surface area contributed by atoms with Crippen molar-refractivity contribution in [3.8, 4) is 16.9 Å². The molecule has 1 atom stereocenters. The molecule has 11 heteroatoms. The summed E-state index contributed by atoms with van der Waals surface area (Å²) in [6.07, 6.45) is 7.24. The van der Waals surface area contributed by atoms with Crippen molar-refractivity contribution in [2.45, 2.75) is 44.1 Å². The third kappa shape index (κ3) is 3.00. The smallest absolute Gasteiger partial charge is 0.262 e. The van der Waals surface area contributed by atoms with Crippen LogP contribution in [0.3, 0.4) is 0 Å². The van der Waals surface area contributed by atoms with Crippen molar-refractivity contribution in [3.05, 3.63) is 47.4 Å². The van der Waals surface area contributed by atoms with Gasteiger partial charge >= 0.3 is 0 Å². The molecule has 4 heterocycles. The van der Waals surface area contributed by atoms with Crippen LogP contribution in [0.4, 0.5) is 0 Å². The van der Waals surface area contributed by atoms with E-state index in [1.165, 1.54) is 6.42 Å². The fraction of sp³-hybridized carbons (Fsp3) is 0.348. The quantitative estimate of drug-likeness (QED) is 0.582. The molecule has 0 radical (unpaired) electrons. The Hall–Kier alpha value is -4.15. The molecule has 172 valence electrons. The van der Waals surface area contributed by atoms with Gasteiger partial charge in [0.25, 0.3) is 11.8 Å². The highest BCUT2D eigenvalue weighted by atomic mass is 16.2. The largest absolute Gasteiger partial charge is 0.295 e. The first-order valence-electron chi connectivity index (χ1n) is 11.2. The number of piperidine rings is 1. The second kappa shape index (κ2) is 7.44. The molecule has 6 rings (SSSR count). The fourth-order valence-electron chi connectivity index (χ4n) is 4.93. The number of fused-ring (bicyclic) bond motifs is 1. The van der Waals surface area contributed by atoms with Crippen LogP contribution < -0.4 is 5.32 Å². The van der Waals surface area contributed by atoms with Crippen molar-refractivity contribution in [3.63, 3.8) is 0 Å². The van der Waals surface area contributed by atoms with E-state index in [2.05, 4.69) is 20.7 Å². The molecule has 3 aromatic rings. The number of nitrogens with one attached hydrogen (secondary N) is 1. The number of imide groups is 2. The van der Waals surface area contributed by atoms with Crippen molar-refractivity contribution >= 4 is 23.6 Å². The SMILES string of the molecule is Cn1ncc(-c2cn(-c3ccc4c(c3)C(=O)N(C3CCC(=O)NC3=O)C4=O)nn2)c1C1CCC1. The average molecular weight is 459 g/mol. The van der Waals surface area contributed by atoms with Crippen LogP contribution in [0.1, 0.15) is 64.4 Å². The van der Waals surface area contributed by atoms with Gasteiger partial charge in [-0.3, -0.25) is 34.1 Å². The van der Waals surface area contributed by atoms with Crippen LogP contribution >= 0.6 is 0 Å². The minimum atomic E-state index is -0.998. The second-order valence-electron chi connectivity index (χ2n) is 8.92. The standard InChI is InChI=1S/C23H21N7O4/c1-28-20(12-3-2-4-12)16(10-24-28)17-11-29(27-26-17)13-5-6-14-15(9-13)23(34)30(22(14)33)18-7-8-19(31)25-21(18)32/h5-6,9-12,18H,2-4,7-8H2,1H3,(H,25,31,32). The van der Waals surface area contributed by atoms with Crippen LogP contribution in [0.15, 0.2) is 30.6 Å². The molecule has 1 saturated carbocycles. The predicted octanol–water partition coefficient (Wildman–Crippen LogP) is 1.34. The molecule has 0 spiro atoms. The van der Waals surface area contributed by atoms with Crippen LogP contribution in [0.5, 0.6) is 0 Å². The van der Waals surface area contributed by atoms with E-state index in [4.69, 9.17) is 0 Å². The molecule has 34 heavy (non-hydrogen) atoms. The third-order valence-corrected chi connectivity index (χ3v) is 6.93. The van der Waals surface area contributed by atoms with Crippen molar-refractivity contribution in [1.29, 1.82) is 0 Å². The Morgan fingerprint density at radius 3 is 2.53 bits per heavy atom. The van der Waals surface area contributed by atoms with Crippen molar-refractivity contribution in [2.75, 3.05) is 0 Å². The van der Waals surface area contributed by atoms with Crippen molar-refractivity contribution in [2.24, 2.45) is 7.05 Å². The lowest BCUT2D eigenvalue weighted by Gasteiger charge is -2.27. The van der Waals surface area contributed by atoms with Gasteiger partial charge in [-0.2, -0.15) is 5.10 Å². The lowest BCUT2D eigenvalue weighted by Crippen LogP contribution is -2.54. The number of aryl methyl sites for hydroxylation is 1. The molecule has 1 saturated heterocycles. The van der Waals surface area contributed by atoms with Gasteiger partial charge in [0, 0.05) is 24.9 Å². The van der Waals surface area contributed by atoms with Crippen LogP contribution in [0.2, 0.25) is 0 Å². The fourth-order valence-corrected chi connectivity index (χ4v) is 4.93. The van der Waals surface area contributed by atoms with Gasteiger partial charge in [0.05, 0.1) is 34.9 Å². The number of hydrogen-bond donors (Lipinski definition) is 1. The zero-order chi connectivity index (χ0) is 23.6. The molecule has 4 amide bonds. The van der Waals surface area contributed by atoms with E-state index in [0.717, 1.165) is 29.0 Å². The summed E-state index contributed by atoms with van der Waals surface area (Å²) in [5.74, 6) is -1.67. The summed E-state index contributed by atoms with van der Waals surface area (Å²) in [6, 6.07) is 3.83. The van der Waals surface area contributed by atoms with Crippen molar-refractivity contribution < 1.29 is 19.2 Å². The van der Waals surface area contributed by atoms with Gasteiger partial charge in [-0.1, -0.05) is 11.6 Å². The number of aromatic nitrogens is 5. The number of rotatable bonds is 4. The molecular weight excluding hydrogens is 438 g/mol. The van der Waals surface area contributed by atoms with Gasteiger partial charge in [0.1, 0.15) is 11.7 Å². The Morgan fingerprint density at radius 2 is 1.79 bits per heavy atom. The average Bonchev–Trinajstić information content (AvgIpc) is 3.46. The number of hydrogen-bond acceptors (Lipinski definition) is 7. The summed E-state index contributed by atoms with van der Waals surface area (Å²) in [6.45, 7) is 0. The highest BCUT2D eigenvalue weighted by Crippen LogP contribution is 2.40. The molecule has 1 aliphatic carbocycles. The van der Waals surface area contributed by atoms with Gasteiger partial charge in [0.15, 0.2) is 0 Å². The monoisotopic (exact) mass is 459 g/mol. The molecule has 1 unspecified atom stereocenters. The zero-order valence-corrected chi connectivity index (χ0v) is 18.4. The summed E-state index contributed by atoms with van der Waals surface area (Å²) < 4.78 is 3.45. The first-order valence-corrected chi connectivity index (χ1v) is 11.2. The highest BCUT2D eigenvalue weighted by molar-refractivity contribution is 6.23. The van der Waals surface area contributed by atoms with Crippen LogP contribution in [-0.4, -0.2) is 59.3 Å². The van der Waals surface area contributed by atoms with E-state index in [1.54, 1.807) is 35.3 Å². The Labute approximate surface area is 193 Å². The van der Waals surface area contributed by atoms with Crippen LogP contribution in [0.25, 0.3) is 16.9 Å². The van der Waals surface area contributed by atoms with Crippen LogP contribution in [0, 0.1) is 0 Å². The van der Waals surface area contributed by atoms with Gasteiger partial charge in [-0.05, 0) is 37.5 Å². The molecule has 2 aromatic heterocycles. The lowest BCUT2D eigenvalue weighted by molar-refractivity contribution is -0.136. The summed E-state index contributed by atoms with van der Waals surface area (Å²) >= 11 is 0. The van der Waals surface area contributed by atoms with Gasteiger partial charge in [0.2, 0.25) is 11.8 Å². The topological polar surface area (TPSA) is 132 Å². The van der Waals surface area contributed by atoms with Gasteiger partial charge in [-0.25, -0.2) is 4.68 Å². The van der Waals surface area contributed by atoms with Gasteiger partial charge < -0.3 is 0 Å². The number of carbonyl (C=O) groups excluding carboxylic acids is 4. The molecule has 3 aliphatic rings. The van der Waals surface area contributed by atoms with E-state index in [-0.39, 0.29) is 24.0 Å². The van der Waals surface area contributed by atoms with E-state index < -0.39 is 29.7 Å². The summed E-state index contributed by atoms with van der Waals surface area (Å²) in [5, 5.41) is 15.2. The first kappa shape index (κ1) is 20.5. The Balaban J connectivity index is 1.31. The van der Waals surface area contributed by atoms with Gasteiger partial charge in [-0.15, -0.1) is 5.10 Å². The highest BCUT2D eigenvalue weighted by Gasteiger charge is 2.44. The summed E-state index contributed by atoms with van der Waals surface area (Å²) in [4.78, 5) is 50.7. The molecule has 0 bridgehead atoms. The minimum Gasteiger partial charge on any atom is -0.295 e. The molecule has 11 nitrogen and oxygen atoms in total. The lowest BCUT2D eigenvalue weighted by atomic mass is 9.81. The van der Waals surface area contributed by atoms with Crippen LogP contribution in [-0.2, 0) is 16.6 Å². The van der Waals surface area contributed by atoms with E-state index in [9.17, 15) is 19.2 Å². The minimum absolute atomic E-state index is 0.0774. The summed E-state index contributed by atoms with van der Waals surface area (Å²) in [5.41, 5.74) is 3.75. The predicted molar refractivity (Wildman–Crippen MR) is 117 cm³/mol. The Bertz CT molecular complexity index is 1380. The van der Waals surface area contributed by atoms with Crippen molar-refractivity contribution in [1.82, 2.24) is 35.0 Å². The number of benzene rings is 1. The maximum atomic E-state index is 13.1. The first-order chi connectivity index (χ1) is 16.4. The number of nitrogens with zero attached hydrogens (tertiary/aromatic N) is 6. The molecule has 1 aromatic carbocycles. The molecular formula is C23H21N7O4. The zero-order valence-electron chi connectivity index (χ0n) is 18.4. The molecule has 2 aliphatic heterocycles. The molecule has 1 N–H and O–H groups in total. The maximum absolute atomic E-state index is 13.1. The van der Waals surface area contributed by atoms with E-state index in [0.29, 0.717) is 17.3 Å². The summed E-state index contributed by atoms with van der Waals surface area (Å²) in [7, 11) is 1.93. The number of amides is 4. The second-order valence-corrected chi connectivity index (χ2v) is 8.92. The normalized spacial score (nSPS) is 20.5. The maximum Gasteiger partial charge on any atom is 0.262 e. The third-order valence-electron chi connectivity index (χ3n) is 6.93. The van der Waals surface area contributed by atoms with E-state index in [1.807, 2.05) is 11.7 Å². The Kier molecular flexibility index (Phi) is 4.48. The Morgan fingerprint density at radius 1 is 1.00 bits per heavy atom. The molecule has 2 fully saturated rings. The van der Waals surface area contributed by atoms with E-state index >= 15 is 0 Å².